The lowest BCUT2D eigenvalue weighted by atomic mass is 9.77. The molecule has 2 fully saturated rings. The number of pyridine rings is 1. The fourth-order valence-electron chi connectivity index (χ4n) is 4.43. The first-order valence-electron chi connectivity index (χ1n) is 9.08. The summed E-state index contributed by atoms with van der Waals surface area (Å²) in [5, 5.41) is 2.96. The third-order valence-electron chi connectivity index (χ3n) is 5.69. The van der Waals surface area contributed by atoms with Crippen molar-refractivity contribution in [2.24, 2.45) is 11.8 Å². The molecule has 5 rings (SSSR count). The van der Waals surface area contributed by atoms with Crippen LogP contribution in [0.3, 0.4) is 0 Å². The SMILES string of the molecule is O=C(NCc1ccncc1)[C@@H]1[C@H]2C(=O)N(c3ccccc3)C[C@]23C=C[C@H]1O3. The van der Waals surface area contributed by atoms with Crippen LogP contribution in [-0.2, 0) is 20.9 Å². The molecule has 2 amide bonds. The summed E-state index contributed by atoms with van der Waals surface area (Å²) in [5.41, 5.74) is 1.11. The molecular weight excluding hydrogens is 342 g/mol. The molecule has 0 radical (unpaired) electrons. The van der Waals surface area contributed by atoms with Gasteiger partial charge in [0.25, 0.3) is 0 Å². The van der Waals surface area contributed by atoms with Gasteiger partial charge in [-0.1, -0.05) is 30.4 Å². The number of nitrogens with one attached hydrogen (secondary N) is 1. The summed E-state index contributed by atoms with van der Waals surface area (Å²) < 4.78 is 6.15. The molecule has 2 bridgehead atoms. The quantitative estimate of drug-likeness (QED) is 0.841. The van der Waals surface area contributed by atoms with Gasteiger partial charge in [-0.05, 0) is 29.8 Å². The van der Waals surface area contributed by atoms with Crippen molar-refractivity contribution in [3.05, 3.63) is 72.6 Å². The first kappa shape index (κ1) is 16.2. The molecule has 0 unspecified atom stereocenters. The molecule has 3 aliphatic rings. The maximum Gasteiger partial charge on any atom is 0.234 e. The van der Waals surface area contributed by atoms with Gasteiger partial charge in [0, 0.05) is 24.6 Å². The summed E-state index contributed by atoms with van der Waals surface area (Å²) in [6, 6.07) is 13.3. The smallest absolute Gasteiger partial charge is 0.234 e. The fourth-order valence-corrected chi connectivity index (χ4v) is 4.43. The van der Waals surface area contributed by atoms with E-state index in [0.29, 0.717) is 13.1 Å². The monoisotopic (exact) mass is 361 g/mol. The molecule has 2 saturated heterocycles. The van der Waals surface area contributed by atoms with Gasteiger partial charge < -0.3 is 15.0 Å². The number of fused-ring (bicyclic) bond motifs is 1. The first-order chi connectivity index (χ1) is 13.2. The molecule has 1 N–H and O–H groups in total. The van der Waals surface area contributed by atoms with Crippen LogP contribution in [0.4, 0.5) is 5.69 Å². The molecule has 1 aromatic carbocycles. The van der Waals surface area contributed by atoms with Crippen molar-refractivity contribution in [3.8, 4) is 0 Å². The van der Waals surface area contributed by atoms with Gasteiger partial charge in [-0.2, -0.15) is 0 Å². The van der Waals surface area contributed by atoms with E-state index in [1.165, 1.54) is 0 Å². The van der Waals surface area contributed by atoms with Crippen molar-refractivity contribution in [1.82, 2.24) is 10.3 Å². The Hall–Kier alpha value is -2.99. The zero-order valence-corrected chi connectivity index (χ0v) is 14.6. The van der Waals surface area contributed by atoms with Crippen molar-refractivity contribution in [2.45, 2.75) is 18.2 Å². The van der Waals surface area contributed by atoms with Crippen LogP contribution in [-0.4, -0.2) is 35.0 Å². The molecule has 1 aromatic heterocycles. The number of para-hydroxylation sites is 1. The molecule has 0 saturated carbocycles. The molecular formula is C21H19N3O3. The average molecular weight is 361 g/mol. The van der Waals surface area contributed by atoms with Gasteiger partial charge in [-0.15, -0.1) is 0 Å². The summed E-state index contributed by atoms with van der Waals surface area (Å²) in [6.45, 7) is 0.853. The third-order valence-corrected chi connectivity index (χ3v) is 5.69. The van der Waals surface area contributed by atoms with Crippen LogP contribution in [0.15, 0.2) is 67.0 Å². The Bertz CT molecular complexity index is 915. The lowest BCUT2D eigenvalue weighted by Crippen LogP contribution is -2.43. The molecule has 6 heteroatoms. The molecule has 0 aliphatic carbocycles. The van der Waals surface area contributed by atoms with Gasteiger partial charge in [0.05, 0.1) is 24.5 Å². The molecule has 1 spiro atoms. The van der Waals surface area contributed by atoms with Crippen molar-refractivity contribution in [3.63, 3.8) is 0 Å². The van der Waals surface area contributed by atoms with Gasteiger partial charge in [0.2, 0.25) is 11.8 Å². The Morgan fingerprint density at radius 2 is 2.00 bits per heavy atom. The zero-order chi connectivity index (χ0) is 18.4. The summed E-state index contributed by atoms with van der Waals surface area (Å²) in [6.07, 6.45) is 6.94. The summed E-state index contributed by atoms with van der Waals surface area (Å²) >= 11 is 0. The summed E-state index contributed by atoms with van der Waals surface area (Å²) in [5.74, 6) is -1.17. The second kappa shape index (κ2) is 6.03. The van der Waals surface area contributed by atoms with E-state index in [9.17, 15) is 9.59 Å². The van der Waals surface area contributed by atoms with Gasteiger partial charge in [0.1, 0.15) is 5.60 Å². The van der Waals surface area contributed by atoms with E-state index in [2.05, 4.69) is 10.3 Å². The van der Waals surface area contributed by atoms with Gasteiger partial charge in [0.15, 0.2) is 0 Å². The van der Waals surface area contributed by atoms with Gasteiger partial charge in [-0.25, -0.2) is 0 Å². The van der Waals surface area contributed by atoms with E-state index >= 15 is 0 Å². The van der Waals surface area contributed by atoms with Crippen molar-refractivity contribution < 1.29 is 14.3 Å². The van der Waals surface area contributed by atoms with Gasteiger partial charge in [-0.3, -0.25) is 14.6 Å². The number of hydrogen-bond acceptors (Lipinski definition) is 4. The van der Waals surface area contributed by atoms with E-state index < -0.39 is 17.4 Å². The van der Waals surface area contributed by atoms with Crippen molar-refractivity contribution >= 4 is 17.5 Å². The van der Waals surface area contributed by atoms with Crippen LogP contribution in [0.5, 0.6) is 0 Å². The van der Waals surface area contributed by atoms with Crippen LogP contribution >= 0.6 is 0 Å². The van der Waals surface area contributed by atoms with Crippen LogP contribution in [0.2, 0.25) is 0 Å². The predicted molar refractivity (Wildman–Crippen MR) is 98.6 cm³/mol. The predicted octanol–water partition coefficient (Wildman–Crippen LogP) is 1.68. The Kier molecular flexibility index (Phi) is 3.62. The highest BCUT2D eigenvalue weighted by Gasteiger charge is 2.66. The van der Waals surface area contributed by atoms with E-state index in [4.69, 9.17) is 4.74 Å². The van der Waals surface area contributed by atoms with E-state index in [0.717, 1.165) is 11.3 Å². The largest absolute Gasteiger partial charge is 0.360 e. The number of nitrogens with zero attached hydrogens (tertiary/aromatic N) is 2. The second-order valence-electron chi connectivity index (χ2n) is 7.23. The number of carbonyl (C=O) groups excluding carboxylic acids is 2. The first-order valence-corrected chi connectivity index (χ1v) is 9.08. The normalized spacial score (nSPS) is 30.6. The summed E-state index contributed by atoms with van der Waals surface area (Å²) in [7, 11) is 0. The Labute approximate surface area is 156 Å². The lowest BCUT2D eigenvalue weighted by Gasteiger charge is -2.23. The highest BCUT2D eigenvalue weighted by Crippen LogP contribution is 2.52. The highest BCUT2D eigenvalue weighted by atomic mass is 16.5. The second-order valence-corrected chi connectivity index (χ2v) is 7.23. The number of anilines is 1. The number of aromatic nitrogens is 1. The number of benzene rings is 1. The Morgan fingerprint density at radius 3 is 2.78 bits per heavy atom. The molecule has 3 aliphatic heterocycles. The number of carbonyl (C=O) groups is 2. The fraction of sp³-hybridized carbons (Fsp3) is 0.286. The molecule has 4 atom stereocenters. The van der Waals surface area contributed by atoms with Gasteiger partial charge >= 0.3 is 0 Å². The van der Waals surface area contributed by atoms with Crippen LogP contribution in [0.1, 0.15) is 5.56 Å². The number of ether oxygens (including phenoxy) is 1. The van der Waals surface area contributed by atoms with Crippen LogP contribution in [0.25, 0.3) is 0 Å². The van der Waals surface area contributed by atoms with Crippen LogP contribution in [0, 0.1) is 11.8 Å². The number of hydrogen-bond donors (Lipinski definition) is 1. The van der Waals surface area contributed by atoms with Crippen molar-refractivity contribution in [1.29, 1.82) is 0 Å². The standard InChI is InChI=1S/C21H19N3O3/c25-19(23-12-14-7-10-22-11-8-14)17-16-6-9-21(27-16)13-24(20(26)18(17)21)15-4-2-1-3-5-15/h1-11,16-18H,12-13H2,(H,23,25)/t16-,17+,18+,21-/m1/s1. The molecule has 2 aromatic rings. The van der Waals surface area contributed by atoms with Crippen molar-refractivity contribution in [2.75, 3.05) is 11.4 Å². The highest BCUT2D eigenvalue weighted by molar-refractivity contribution is 6.03. The minimum atomic E-state index is -0.698. The minimum absolute atomic E-state index is 0.0443. The summed E-state index contributed by atoms with van der Waals surface area (Å²) in [4.78, 5) is 31.8. The maximum atomic E-state index is 13.2. The topological polar surface area (TPSA) is 71.5 Å². The van der Waals surface area contributed by atoms with E-state index in [1.54, 1.807) is 17.3 Å². The molecule has 136 valence electrons. The number of rotatable bonds is 4. The maximum absolute atomic E-state index is 13.2. The minimum Gasteiger partial charge on any atom is -0.360 e. The Balaban J connectivity index is 1.38. The molecule has 27 heavy (non-hydrogen) atoms. The molecule has 4 heterocycles. The Morgan fingerprint density at radius 1 is 1.22 bits per heavy atom. The lowest BCUT2D eigenvalue weighted by molar-refractivity contribution is -0.132. The zero-order valence-electron chi connectivity index (χ0n) is 14.6. The van der Waals surface area contributed by atoms with E-state index in [-0.39, 0.29) is 17.9 Å². The number of amides is 2. The van der Waals surface area contributed by atoms with Crippen LogP contribution < -0.4 is 10.2 Å². The third kappa shape index (κ3) is 2.48. The van der Waals surface area contributed by atoms with E-state index in [1.807, 2.05) is 54.6 Å². The average Bonchev–Trinajstić information content (AvgIpc) is 3.36. The molecule has 6 nitrogen and oxygen atoms in total.